The zero-order valence-corrected chi connectivity index (χ0v) is 13.5. The summed E-state index contributed by atoms with van der Waals surface area (Å²) in [5, 5.41) is 0. The van der Waals surface area contributed by atoms with Crippen molar-refractivity contribution >= 4 is 23.5 Å². The lowest BCUT2D eigenvalue weighted by atomic mass is 10.1. The van der Waals surface area contributed by atoms with Crippen LogP contribution in [-0.4, -0.2) is 77.2 Å². The molecule has 1 aromatic rings. The van der Waals surface area contributed by atoms with E-state index in [1.54, 1.807) is 31.1 Å². The Labute approximate surface area is 134 Å². The van der Waals surface area contributed by atoms with Crippen LogP contribution < -0.4 is 5.73 Å². The van der Waals surface area contributed by atoms with Crippen molar-refractivity contribution in [3.8, 4) is 0 Å². The minimum atomic E-state index is -0.682. The number of amides is 3. The molecule has 8 heteroatoms. The maximum absolute atomic E-state index is 12.6. The summed E-state index contributed by atoms with van der Waals surface area (Å²) >= 11 is 0. The van der Waals surface area contributed by atoms with Crippen molar-refractivity contribution in [2.24, 2.45) is 0 Å². The van der Waals surface area contributed by atoms with Gasteiger partial charge in [-0.1, -0.05) is 0 Å². The number of rotatable bonds is 2. The zero-order valence-electron chi connectivity index (χ0n) is 13.5. The number of nitrogens with two attached hydrogens (primary N) is 1. The van der Waals surface area contributed by atoms with Gasteiger partial charge in [0.05, 0.1) is 12.1 Å². The second-order valence-corrected chi connectivity index (χ2v) is 5.65. The molecule has 0 unspecified atom stereocenters. The standard InChI is InChI=1S/C15H21N5O3/c1-10(21)20-8-7-19(9-12(20)15(23)18(2)3)14(22)11-5-4-6-17-13(11)16/h4-6,12H,7-9H2,1-3H3,(H2,16,17)/t12-/m0/s1. The van der Waals surface area contributed by atoms with Gasteiger partial charge in [-0.05, 0) is 12.1 Å². The van der Waals surface area contributed by atoms with Gasteiger partial charge < -0.3 is 20.4 Å². The molecular formula is C15H21N5O3. The van der Waals surface area contributed by atoms with Crippen molar-refractivity contribution in [2.45, 2.75) is 13.0 Å². The Morgan fingerprint density at radius 1 is 1.30 bits per heavy atom. The summed E-state index contributed by atoms with van der Waals surface area (Å²) in [6.45, 7) is 2.23. The number of anilines is 1. The van der Waals surface area contributed by atoms with Gasteiger partial charge in [-0.3, -0.25) is 14.4 Å². The zero-order chi connectivity index (χ0) is 17.1. The molecule has 0 aliphatic carbocycles. The van der Waals surface area contributed by atoms with Crippen LogP contribution in [0.5, 0.6) is 0 Å². The molecule has 1 aliphatic rings. The maximum atomic E-state index is 12.6. The van der Waals surface area contributed by atoms with Crippen LogP contribution >= 0.6 is 0 Å². The summed E-state index contributed by atoms with van der Waals surface area (Å²) in [4.78, 5) is 45.1. The number of piperazine rings is 1. The van der Waals surface area contributed by atoms with Crippen molar-refractivity contribution in [3.63, 3.8) is 0 Å². The number of carbonyl (C=O) groups excluding carboxylic acids is 3. The number of likely N-dealkylation sites (N-methyl/N-ethyl adjacent to an activating group) is 1. The molecule has 1 atom stereocenters. The predicted molar refractivity (Wildman–Crippen MR) is 84.4 cm³/mol. The van der Waals surface area contributed by atoms with E-state index in [-0.39, 0.29) is 30.1 Å². The van der Waals surface area contributed by atoms with E-state index in [0.29, 0.717) is 18.7 Å². The topological polar surface area (TPSA) is 99.8 Å². The van der Waals surface area contributed by atoms with Crippen LogP contribution in [-0.2, 0) is 9.59 Å². The minimum Gasteiger partial charge on any atom is -0.383 e. The lowest BCUT2D eigenvalue weighted by Gasteiger charge is -2.41. The van der Waals surface area contributed by atoms with Crippen LogP contribution in [0.4, 0.5) is 5.82 Å². The first-order chi connectivity index (χ1) is 10.8. The Morgan fingerprint density at radius 2 is 2.00 bits per heavy atom. The van der Waals surface area contributed by atoms with Crippen molar-refractivity contribution < 1.29 is 14.4 Å². The van der Waals surface area contributed by atoms with Crippen molar-refractivity contribution in [3.05, 3.63) is 23.9 Å². The third kappa shape index (κ3) is 3.41. The first kappa shape index (κ1) is 16.7. The highest BCUT2D eigenvalue weighted by Crippen LogP contribution is 2.17. The maximum Gasteiger partial charge on any atom is 0.257 e. The van der Waals surface area contributed by atoms with Gasteiger partial charge in [-0.15, -0.1) is 0 Å². The quantitative estimate of drug-likeness (QED) is 0.786. The summed E-state index contributed by atoms with van der Waals surface area (Å²) in [6, 6.07) is 2.56. The molecule has 0 aromatic carbocycles. The lowest BCUT2D eigenvalue weighted by molar-refractivity contribution is -0.146. The van der Waals surface area contributed by atoms with Crippen LogP contribution in [0.2, 0.25) is 0 Å². The first-order valence-corrected chi connectivity index (χ1v) is 7.31. The van der Waals surface area contributed by atoms with E-state index in [0.717, 1.165) is 0 Å². The largest absolute Gasteiger partial charge is 0.383 e. The molecule has 23 heavy (non-hydrogen) atoms. The fourth-order valence-electron chi connectivity index (χ4n) is 2.62. The van der Waals surface area contributed by atoms with Crippen molar-refractivity contribution in [1.29, 1.82) is 0 Å². The van der Waals surface area contributed by atoms with Gasteiger partial charge >= 0.3 is 0 Å². The predicted octanol–water partition coefficient (Wildman–Crippen LogP) is -0.575. The highest BCUT2D eigenvalue weighted by molar-refractivity contribution is 5.99. The third-order valence-electron chi connectivity index (χ3n) is 3.87. The number of carbonyl (C=O) groups is 3. The molecule has 0 radical (unpaired) electrons. The first-order valence-electron chi connectivity index (χ1n) is 7.31. The normalized spacial score (nSPS) is 17.8. The summed E-state index contributed by atoms with van der Waals surface area (Å²) < 4.78 is 0. The Hall–Kier alpha value is -2.64. The molecule has 0 spiro atoms. The van der Waals surface area contributed by atoms with Gasteiger partial charge in [0, 0.05) is 40.3 Å². The fraction of sp³-hybridized carbons (Fsp3) is 0.467. The van der Waals surface area contributed by atoms with E-state index in [1.807, 2.05) is 0 Å². The Bertz CT molecular complexity index is 631. The number of hydrogen-bond donors (Lipinski definition) is 1. The number of aromatic nitrogens is 1. The Balaban J connectivity index is 2.23. The summed E-state index contributed by atoms with van der Waals surface area (Å²) in [5.41, 5.74) is 6.05. The molecule has 1 saturated heterocycles. The number of nitrogens with zero attached hydrogens (tertiary/aromatic N) is 4. The fourth-order valence-corrected chi connectivity index (χ4v) is 2.62. The molecular weight excluding hydrogens is 298 g/mol. The molecule has 1 aromatic heterocycles. The molecule has 0 bridgehead atoms. The second-order valence-electron chi connectivity index (χ2n) is 5.65. The molecule has 2 N–H and O–H groups in total. The van der Waals surface area contributed by atoms with Gasteiger partial charge in [0.1, 0.15) is 11.9 Å². The molecule has 1 aliphatic heterocycles. The third-order valence-corrected chi connectivity index (χ3v) is 3.87. The molecule has 124 valence electrons. The average molecular weight is 319 g/mol. The monoisotopic (exact) mass is 319 g/mol. The van der Waals surface area contributed by atoms with Crippen LogP contribution in [0, 0.1) is 0 Å². The molecule has 2 rings (SSSR count). The molecule has 2 heterocycles. The molecule has 1 fully saturated rings. The number of pyridine rings is 1. The van der Waals surface area contributed by atoms with Gasteiger partial charge in [-0.2, -0.15) is 0 Å². The molecule has 0 saturated carbocycles. The van der Waals surface area contributed by atoms with Gasteiger partial charge in [-0.25, -0.2) is 4.98 Å². The highest BCUT2D eigenvalue weighted by atomic mass is 16.2. The van der Waals surface area contributed by atoms with Crippen LogP contribution in [0.25, 0.3) is 0 Å². The van der Waals surface area contributed by atoms with Crippen LogP contribution in [0.1, 0.15) is 17.3 Å². The summed E-state index contributed by atoms with van der Waals surface area (Å²) in [7, 11) is 3.25. The van der Waals surface area contributed by atoms with E-state index < -0.39 is 6.04 Å². The number of nitrogen functional groups attached to an aromatic ring is 1. The van der Waals surface area contributed by atoms with E-state index in [9.17, 15) is 14.4 Å². The summed E-state index contributed by atoms with van der Waals surface area (Å²) in [6.07, 6.45) is 1.51. The lowest BCUT2D eigenvalue weighted by Crippen LogP contribution is -2.61. The molecule has 8 nitrogen and oxygen atoms in total. The average Bonchev–Trinajstić information content (AvgIpc) is 2.53. The second kappa shape index (κ2) is 6.64. The van der Waals surface area contributed by atoms with Gasteiger partial charge in [0.2, 0.25) is 11.8 Å². The van der Waals surface area contributed by atoms with E-state index in [1.165, 1.54) is 22.9 Å². The Kier molecular flexibility index (Phi) is 4.83. The van der Waals surface area contributed by atoms with Crippen LogP contribution in [0.3, 0.4) is 0 Å². The highest BCUT2D eigenvalue weighted by Gasteiger charge is 2.36. The Morgan fingerprint density at radius 3 is 2.57 bits per heavy atom. The van der Waals surface area contributed by atoms with Crippen molar-refractivity contribution in [2.75, 3.05) is 39.5 Å². The minimum absolute atomic E-state index is 0.143. The summed E-state index contributed by atoms with van der Waals surface area (Å²) in [5.74, 6) is -0.521. The molecule has 3 amide bonds. The van der Waals surface area contributed by atoms with E-state index >= 15 is 0 Å². The van der Waals surface area contributed by atoms with E-state index in [2.05, 4.69) is 4.98 Å². The smallest absolute Gasteiger partial charge is 0.257 e. The van der Waals surface area contributed by atoms with Gasteiger partial charge in [0.25, 0.3) is 5.91 Å². The van der Waals surface area contributed by atoms with E-state index in [4.69, 9.17) is 5.73 Å². The van der Waals surface area contributed by atoms with Crippen LogP contribution in [0.15, 0.2) is 18.3 Å². The van der Waals surface area contributed by atoms with Crippen molar-refractivity contribution in [1.82, 2.24) is 19.7 Å². The number of hydrogen-bond acceptors (Lipinski definition) is 5. The SMILES string of the molecule is CC(=O)N1CCN(C(=O)c2cccnc2N)C[C@H]1C(=O)N(C)C. The van der Waals surface area contributed by atoms with Gasteiger partial charge in [0.15, 0.2) is 0 Å².